The molecular formula is C12H17N3O3S. The molecule has 0 unspecified atom stereocenters. The zero-order valence-corrected chi connectivity index (χ0v) is 11.3. The fourth-order valence-corrected chi connectivity index (χ4v) is 3.80. The molecule has 1 fully saturated rings. The van der Waals surface area contributed by atoms with Crippen LogP contribution in [0.1, 0.15) is 18.4 Å². The van der Waals surface area contributed by atoms with Crippen LogP contribution in [0, 0.1) is 0 Å². The summed E-state index contributed by atoms with van der Waals surface area (Å²) in [6, 6.07) is 3.27. The lowest BCUT2D eigenvalue weighted by Crippen LogP contribution is -2.40. The molecule has 1 aromatic rings. The van der Waals surface area contributed by atoms with Crippen molar-refractivity contribution in [2.75, 3.05) is 12.3 Å². The normalized spacial score (nSPS) is 20.9. The first-order chi connectivity index (χ1) is 9.08. The van der Waals surface area contributed by atoms with Crippen molar-refractivity contribution < 1.29 is 13.2 Å². The third kappa shape index (κ3) is 3.92. The van der Waals surface area contributed by atoms with Gasteiger partial charge in [-0.15, -0.1) is 0 Å². The van der Waals surface area contributed by atoms with Crippen molar-refractivity contribution in [2.45, 2.75) is 24.6 Å². The van der Waals surface area contributed by atoms with Gasteiger partial charge in [-0.2, -0.15) is 0 Å². The Bertz CT molecular complexity index is 530. The highest BCUT2D eigenvalue weighted by Crippen LogP contribution is 2.18. The first kappa shape index (κ1) is 13.8. The number of sulfone groups is 1. The summed E-state index contributed by atoms with van der Waals surface area (Å²) < 4.78 is 23.2. The molecule has 2 amide bonds. The Kier molecular flexibility index (Phi) is 4.36. The third-order valence-corrected chi connectivity index (χ3v) is 5.43. The van der Waals surface area contributed by atoms with Gasteiger partial charge in [0.25, 0.3) is 0 Å². The number of nitrogens with zero attached hydrogens (tertiary/aromatic N) is 1. The Morgan fingerprint density at radius 1 is 1.32 bits per heavy atom. The van der Waals surface area contributed by atoms with Crippen LogP contribution >= 0.6 is 0 Å². The van der Waals surface area contributed by atoms with E-state index in [1.54, 1.807) is 12.4 Å². The van der Waals surface area contributed by atoms with Crippen LogP contribution < -0.4 is 10.6 Å². The Balaban J connectivity index is 1.73. The van der Waals surface area contributed by atoms with Crippen LogP contribution in [0.5, 0.6) is 0 Å². The zero-order chi connectivity index (χ0) is 13.7. The molecule has 1 aliphatic rings. The Morgan fingerprint density at radius 3 is 2.68 bits per heavy atom. The fourth-order valence-electron chi connectivity index (χ4n) is 2.04. The quantitative estimate of drug-likeness (QED) is 0.840. The van der Waals surface area contributed by atoms with Crippen molar-refractivity contribution in [3.63, 3.8) is 0 Å². The average Bonchev–Trinajstić information content (AvgIpc) is 2.74. The molecule has 1 aliphatic heterocycles. The average molecular weight is 283 g/mol. The van der Waals surface area contributed by atoms with E-state index in [0.29, 0.717) is 19.4 Å². The zero-order valence-electron chi connectivity index (χ0n) is 10.5. The van der Waals surface area contributed by atoms with Crippen LogP contribution in [0.15, 0.2) is 24.5 Å². The minimum atomic E-state index is -3.00. The van der Waals surface area contributed by atoms with Gasteiger partial charge in [-0.25, -0.2) is 13.2 Å². The van der Waals surface area contributed by atoms with Gasteiger partial charge in [0.15, 0.2) is 9.84 Å². The maximum Gasteiger partial charge on any atom is 0.315 e. The number of hydrogen-bond acceptors (Lipinski definition) is 4. The minimum Gasteiger partial charge on any atom is -0.337 e. The first-order valence-corrected chi connectivity index (χ1v) is 7.91. The summed E-state index contributed by atoms with van der Waals surface area (Å²) >= 11 is 0. The van der Waals surface area contributed by atoms with E-state index in [9.17, 15) is 13.2 Å². The maximum absolute atomic E-state index is 11.6. The van der Waals surface area contributed by atoms with Gasteiger partial charge in [-0.1, -0.05) is 0 Å². The smallest absolute Gasteiger partial charge is 0.315 e. The van der Waals surface area contributed by atoms with Crippen LogP contribution in [-0.4, -0.2) is 37.0 Å². The van der Waals surface area contributed by atoms with Crippen LogP contribution in [0.4, 0.5) is 4.79 Å². The van der Waals surface area contributed by atoms with Crippen molar-refractivity contribution >= 4 is 15.9 Å². The van der Waals surface area contributed by atoms with Crippen molar-refractivity contribution in [2.24, 2.45) is 0 Å². The molecule has 2 heterocycles. The predicted octanol–water partition coefficient (Wildman–Crippen LogP) is 0.458. The van der Waals surface area contributed by atoms with E-state index in [1.807, 2.05) is 12.1 Å². The number of rotatable bonds is 4. The molecular weight excluding hydrogens is 266 g/mol. The van der Waals surface area contributed by atoms with Gasteiger partial charge >= 0.3 is 6.03 Å². The Hall–Kier alpha value is -1.63. The molecule has 0 radical (unpaired) electrons. The van der Waals surface area contributed by atoms with E-state index in [4.69, 9.17) is 0 Å². The highest BCUT2D eigenvalue weighted by molar-refractivity contribution is 7.92. The highest BCUT2D eigenvalue weighted by atomic mass is 32.2. The van der Waals surface area contributed by atoms with Crippen LogP contribution in [0.2, 0.25) is 0 Å². The second-order valence-corrected chi connectivity index (χ2v) is 6.95. The molecule has 6 nitrogen and oxygen atoms in total. The molecule has 2 rings (SSSR count). The third-order valence-electron chi connectivity index (χ3n) is 3.16. The topological polar surface area (TPSA) is 88.2 Å². The van der Waals surface area contributed by atoms with E-state index < -0.39 is 15.1 Å². The molecule has 1 atom stereocenters. The predicted molar refractivity (Wildman–Crippen MR) is 71.3 cm³/mol. The molecule has 0 saturated carbocycles. The monoisotopic (exact) mass is 283 g/mol. The molecule has 0 aliphatic carbocycles. The van der Waals surface area contributed by atoms with E-state index in [0.717, 1.165) is 5.56 Å². The summed E-state index contributed by atoms with van der Waals surface area (Å²) in [7, 11) is -3.00. The Labute approximate surface area is 112 Å². The van der Waals surface area contributed by atoms with Gasteiger partial charge in [0.2, 0.25) is 0 Å². The van der Waals surface area contributed by atoms with Crippen LogP contribution in [0.25, 0.3) is 0 Å². The Morgan fingerprint density at radius 2 is 2.05 bits per heavy atom. The number of aromatic nitrogens is 1. The number of carbonyl (C=O) groups excluding carboxylic acids is 1. The molecule has 0 bridgehead atoms. The summed E-state index contributed by atoms with van der Waals surface area (Å²) in [5, 5.41) is 4.85. The SMILES string of the molecule is O=C(NCc1ccncc1)NC[C@H]1CCCS1(=O)=O. The lowest BCUT2D eigenvalue weighted by molar-refractivity contribution is 0.240. The van der Waals surface area contributed by atoms with Gasteiger partial charge in [0, 0.05) is 25.5 Å². The van der Waals surface area contributed by atoms with Gasteiger partial charge < -0.3 is 10.6 Å². The summed E-state index contributed by atoms with van der Waals surface area (Å²) in [5.74, 6) is 0.234. The van der Waals surface area contributed by atoms with E-state index in [-0.39, 0.29) is 18.3 Å². The molecule has 104 valence electrons. The van der Waals surface area contributed by atoms with Gasteiger partial charge in [-0.3, -0.25) is 4.98 Å². The highest BCUT2D eigenvalue weighted by Gasteiger charge is 2.31. The van der Waals surface area contributed by atoms with Crippen molar-refractivity contribution in [1.29, 1.82) is 0 Å². The number of carbonyl (C=O) groups is 1. The number of hydrogen-bond donors (Lipinski definition) is 2. The van der Waals surface area contributed by atoms with Gasteiger partial charge in [0.1, 0.15) is 0 Å². The van der Waals surface area contributed by atoms with Crippen LogP contribution in [-0.2, 0) is 16.4 Å². The standard InChI is InChI=1S/C12H17N3O3S/c16-12(14-8-10-3-5-13-6-4-10)15-9-11-2-1-7-19(11,17)18/h3-6,11H,1-2,7-9H2,(H2,14,15,16)/t11-/m1/s1. The van der Waals surface area contributed by atoms with Gasteiger partial charge in [0.05, 0.1) is 11.0 Å². The number of urea groups is 1. The second-order valence-electron chi connectivity index (χ2n) is 4.55. The summed E-state index contributed by atoms with van der Waals surface area (Å²) in [5.41, 5.74) is 0.943. The molecule has 2 N–H and O–H groups in total. The largest absolute Gasteiger partial charge is 0.337 e. The number of pyridine rings is 1. The first-order valence-electron chi connectivity index (χ1n) is 6.20. The molecule has 1 aromatic heterocycles. The molecule has 1 saturated heterocycles. The van der Waals surface area contributed by atoms with Crippen molar-refractivity contribution in [3.05, 3.63) is 30.1 Å². The second kappa shape index (κ2) is 6.01. The fraction of sp³-hybridized carbons (Fsp3) is 0.500. The van der Waals surface area contributed by atoms with E-state index in [2.05, 4.69) is 15.6 Å². The van der Waals surface area contributed by atoms with Crippen molar-refractivity contribution in [1.82, 2.24) is 15.6 Å². The number of nitrogens with one attached hydrogen (secondary N) is 2. The molecule has 0 spiro atoms. The minimum absolute atomic E-state index is 0.185. The van der Waals surface area contributed by atoms with Crippen molar-refractivity contribution in [3.8, 4) is 0 Å². The summed E-state index contributed by atoms with van der Waals surface area (Å²) in [6.07, 6.45) is 4.63. The molecule has 7 heteroatoms. The van der Waals surface area contributed by atoms with E-state index in [1.165, 1.54) is 0 Å². The van der Waals surface area contributed by atoms with E-state index >= 15 is 0 Å². The number of amides is 2. The summed E-state index contributed by atoms with van der Waals surface area (Å²) in [4.78, 5) is 15.4. The summed E-state index contributed by atoms with van der Waals surface area (Å²) in [6.45, 7) is 0.580. The lowest BCUT2D eigenvalue weighted by Gasteiger charge is -2.11. The van der Waals surface area contributed by atoms with Crippen LogP contribution in [0.3, 0.4) is 0 Å². The van der Waals surface area contributed by atoms with Gasteiger partial charge in [-0.05, 0) is 30.5 Å². The molecule has 19 heavy (non-hydrogen) atoms. The lowest BCUT2D eigenvalue weighted by atomic mass is 10.2. The molecule has 0 aromatic carbocycles. The maximum atomic E-state index is 11.6.